The number of nitrogens with zero attached hydrogens (tertiary/aromatic N) is 1. The summed E-state index contributed by atoms with van der Waals surface area (Å²) in [5, 5.41) is 3.66. The number of halogens is 1. The van der Waals surface area contributed by atoms with Crippen molar-refractivity contribution in [3.05, 3.63) is 29.0 Å². The molecule has 0 radical (unpaired) electrons. The van der Waals surface area contributed by atoms with E-state index in [0.29, 0.717) is 16.8 Å². The van der Waals surface area contributed by atoms with E-state index in [4.69, 9.17) is 11.6 Å². The van der Waals surface area contributed by atoms with Gasteiger partial charge in [0.25, 0.3) is 5.91 Å². The Hall–Kier alpha value is -1.09. The fourth-order valence-electron chi connectivity index (χ4n) is 5.00. The second-order valence-corrected chi connectivity index (χ2v) is 6.99. The number of hydrogen-bond acceptors (Lipinski definition) is 2. The molecule has 0 unspecified atom stereocenters. The van der Waals surface area contributed by atoms with Crippen molar-refractivity contribution in [3.63, 3.8) is 0 Å². The highest BCUT2D eigenvalue weighted by Gasteiger charge is 2.54. The zero-order valence-electron chi connectivity index (χ0n) is 11.4. The van der Waals surface area contributed by atoms with Gasteiger partial charge in [-0.1, -0.05) is 18.0 Å². The van der Waals surface area contributed by atoms with Gasteiger partial charge >= 0.3 is 0 Å². The molecule has 20 heavy (non-hydrogen) atoms. The normalized spacial score (nSPS) is 38.0. The molecule has 3 saturated carbocycles. The summed E-state index contributed by atoms with van der Waals surface area (Å²) in [6, 6.07) is 3.79. The molecule has 2 bridgehead atoms. The minimum absolute atomic E-state index is 0.00117. The van der Waals surface area contributed by atoms with E-state index < -0.39 is 0 Å². The molecule has 3 aliphatic carbocycles. The second-order valence-electron chi connectivity index (χ2n) is 6.60. The van der Waals surface area contributed by atoms with Gasteiger partial charge in [-0.2, -0.15) is 0 Å². The van der Waals surface area contributed by atoms with Crippen LogP contribution in [0.4, 0.5) is 0 Å². The first-order chi connectivity index (χ1) is 9.72. The Morgan fingerprint density at radius 3 is 2.85 bits per heavy atom. The molecule has 106 valence electrons. The fraction of sp³-hybridized carbons (Fsp3) is 0.625. The largest absolute Gasteiger partial charge is 0.349 e. The molecule has 1 N–H and O–H groups in total. The van der Waals surface area contributed by atoms with E-state index >= 15 is 0 Å². The van der Waals surface area contributed by atoms with Crippen LogP contribution in [0.2, 0.25) is 5.15 Å². The number of hydrogen-bond donors (Lipinski definition) is 1. The Labute approximate surface area is 124 Å². The molecule has 5 atom stereocenters. The van der Waals surface area contributed by atoms with Crippen LogP contribution in [0.3, 0.4) is 0 Å². The average Bonchev–Trinajstić information content (AvgIpc) is 3.11. The van der Waals surface area contributed by atoms with Crippen molar-refractivity contribution in [3.8, 4) is 0 Å². The molecule has 1 heterocycles. The summed E-state index contributed by atoms with van der Waals surface area (Å²) in [6.45, 7) is 0. The van der Waals surface area contributed by atoms with Crippen LogP contribution in [0.25, 0.3) is 0 Å². The lowest BCUT2D eigenvalue weighted by Gasteiger charge is -2.32. The number of fused-ring (bicyclic) bond motifs is 5. The predicted molar refractivity (Wildman–Crippen MR) is 77.5 cm³/mol. The Morgan fingerprint density at radius 2 is 2.05 bits per heavy atom. The first kappa shape index (κ1) is 12.6. The number of carbonyl (C=O) groups excluding carboxylic acids is 1. The lowest BCUT2D eigenvalue weighted by Crippen LogP contribution is -2.42. The summed E-state index contributed by atoms with van der Waals surface area (Å²) in [5.41, 5.74) is 0.611. The molecule has 3 aliphatic rings. The molecule has 1 amide bonds. The second kappa shape index (κ2) is 4.73. The molecule has 3 fully saturated rings. The Bertz CT molecular complexity index is 530. The highest BCUT2D eigenvalue weighted by Crippen LogP contribution is 2.58. The molecule has 0 spiro atoms. The SMILES string of the molecule is O=C(N[C@@H]1C[C@H]2C[C@H]1[C@@H]1CCC[C@H]21)c1ccc(Cl)nc1. The molecule has 4 rings (SSSR count). The van der Waals surface area contributed by atoms with Gasteiger partial charge in [-0.15, -0.1) is 0 Å². The zero-order valence-corrected chi connectivity index (χ0v) is 12.1. The first-order valence-electron chi connectivity index (χ1n) is 7.65. The monoisotopic (exact) mass is 290 g/mol. The van der Waals surface area contributed by atoms with Crippen molar-refractivity contribution < 1.29 is 4.79 Å². The van der Waals surface area contributed by atoms with E-state index in [2.05, 4.69) is 10.3 Å². The zero-order chi connectivity index (χ0) is 13.7. The molecular formula is C16H19ClN2O. The van der Waals surface area contributed by atoms with Crippen molar-refractivity contribution in [2.24, 2.45) is 23.7 Å². The van der Waals surface area contributed by atoms with E-state index in [-0.39, 0.29) is 5.91 Å². The van der Waals surface area contributed by atoms with E-state index in [9.17, 15) is 4.79 Å². The smallest absolute Gasteiger partial charge is 0.253 e. The number of rotatable bonds is 2. The van der Waals surface area contributed by atoms with Crippen molar-refractivity contribution >= 4 is 17.5 Å². The Kier molecular flexibility index (Phi) is 2.99. The molecule has 3 nitrogen and oxygen atoms in total. The van der Waals surface area contributed by atoms with Crippen molar-refractivity contribution in [1.82, 2.24) is 10.3 Å². The minimum atomic E-state index is 0.00117. The lowest BCUT2D eigenvalue weighted by molar-refractivity contribution is 0.0901. The van der Waals surface area contributed by atoms with Crippen LogP contribution in [0.5, 0.6) is 0 Å². The maximum absolute atomic E-state index is 12.3. The third-order valence-electron chi connectivity index (χ3n) is 5.73. The average molecular weight is 291 g/mol. The minimum Gasteiger partial charge on any atom is -0.349 e. The van der Waals surface area contributed by atoms with Crippen LogP contribution in [0.1, 0.15) is 42.5 Å². The van der Waals surface area contributed by atoms with E-state index in [0.717, 1.165) is 23.7 Å². The molecule has 4 heteroatoms. The van der Waals surface area contributed by atoms with Crippen LogP contribution >= 0.6 is 11.6 Å². The topological polar surface area (TPSA) is 42.0 Å². The summed E-state index contributed by atoms with van der Waals surface area (Å²) in [7, 11) is 0. The van der Waals surface area contributed by atoms with Gasteiger partial charge < -0.3 is 5.32 Å². The first-order valence-corrected chi connectivity index (χ1v) is 8.02. The highest BCUT2D eigenvalue weighted by atomic mass is 35.5. The summed E-state index contributed by atoms with van der Waals surface area (Å²) >= 11 is 5.76. The van der Waals surface area contributed by atoms with Crippen LogP contribution in [-0.2, 0) is 0 Å². The summed E-state index contributed by atoms with van der Waals surface area (Å²) in [5.74, 6) is 3.42. The molecule has 0 saturated heterocycles. The lowest BCUT2D eigenvalue weighted by atomic mass is 9.79. The van der Waals surface area contributed by atoms with Crippen molar-refractivity contribution in [1.29, 1.82) is 0 Å². The molecule has 1 aromatic heterocycles. The van der Waals surface area contributed by atoms with Crippen LogP contribution in [-0.4, -0.2) is 16.9 Å². The van der Waals surface area contributed by atoms with Gasteiger partial charge in [-0.05, 0) is 61.5 Å². The van der Waals surface area contributed by atoms with E-state index in [1.54, 1.807) is 18.3 Å². The maximum atomic E-state index is 12.3. The number of aromatic nitrogens is 1. The van der Waals surface area contributed by atoms with Gasteiger partial charge in [0.15, 0.2) is 0 Å². The van der Waals surface area contributed by atoms with E-state index in [1.165, 1.54) is 32.1 Å². The van der Waals surface area contributed by atoms with Crippen LogP contribution < -0.4 is 5.32 Å². The van der Waals surface area contributed by atoms with Crippen molar-refractivity contribution in [2.75, 3.05) is 0 Å². The van der Waals surface area contributed by atoms with Gasteiger partial charge in [0.05, 0.1) is 5.56 Å². The van der Waals surface area contributed by atoms with Crippen molar-refractivity contribution in [2.45, 2.75) is 38.1 Å². The summed E-state index contributed by atoms with van der Waals surface area (Å²) in [4.78, 5) is 16.3. The summed E-state index contributed by atoms with van der Waals surface area (Å²) in [6.07, 6.45) is 8.26. The quantitative estimate of drug-likeness (QED) is 0.849. The van der Waals surface area contributed by atoms with E-state index in [1.807, 2.05) is 0 Å². The van der Waals surface area contributed by atoms with Gasteiger partial charge in [0, 0.05) is 12.2 Å². The number of carbonyl (C=O) groups is 1. The molecule has 1 aromatic rings. The van der Waals surface area contributed by atoms with Crippen LogP contribution in [0.15, 0.2) is 18.3 Å². The number of pyridine rings is 1. The highest BCUT2D eigenvalue weighted by molar-refractivity contribution is 6.29. The predicted octanol–water partition coefficient (Wildman–Crippen LogP) is 3.29. The molecule has 0 aromatic carbocycles. The van der Waals surface area contributed by atoms with Gasteiger partial charge in [-0.3, -0.25) is 4.79 Å². The molecule has 0 aliphatic heterocycles. The van der Waals surface area contributed by atoms with Gasteiger partial charge in [-0.25, -0.2) is 4.98 Å². The standard InChI is InChI=1S/C16H19ClN2O/c17-15-5-4-9(8-18-15)16(20)19-14-7-10-6-13(14)12-3-1-2-11(10)12/h4-5,8,10-14H,1-3,6-7H2,(H,19,20)/t10-,11-,12-,13+,14-/m1/s1. The van der Waals surface area contributed by atoms with Gasteiger partial charge in [0.1, 0.15) is 5.15 Å². The third-order valence-corrected chi connectivity index (χ3v) is 5.96. The Morgan fingerprint density at radius 1 is 1.20 bits per heavy atom. The molecular weight excluding hydrogens is 272 g/mol. The fourth-order valence-corrected chi connectivity index (χ4v) is 5.11. The van der Waals surface area contributed by atoms with Crippen LogP contribution in [0, 0.1) is 23.7 Å². The van der Waals surface area contributed by atoms with Gasteiger partial charge in [0.2, 0.25) is 0 Å². The number of nitrogens with one attached hydrogen (secondary N) is 1. The maximum Gasteiger partial charge on any atom is 0.253 e. The third kappa shape index (κ3) is 1.95. The summed E-state index contributed by atoms with van der Waals surface area (Å²) < 4.78 is 0. The Balaban J connectivity index is 1.45. The number of amides is 1.